The summed E-state index contributed by atoms with van der Waals surface area (Å²) in [4.78, 5) is 105. The van der Waals surface area contributed by atoms with Gasteiger partial charge in [-0.3, -0.25) is 33.6 Å². The number of rotatable bonds is 22. The summed E-state index contributed by atoms with van der Waals surface area (Å²) in [6, 6.07) is 12.8. The number of nitrogens with zero attached hydrogens (tertiary/aromatic N) is 1. The minimum atomic E-state index is -1.31. The molecule has 0 saturated carbocycles. The molecule has 17 heteroatoms. The van der Waals surface area contributed by atoms with Crippen molar-refractivity contribution in [3.05, 3.63) is 71.8 Å². The van der Waals surface area contributed by atoms with Gasteiger partial charge in [0.15, 0.2) is 0 Å². The molecular formula is C40H55N7O10. The molecule has 1 heterocycles. The minimum Gasteiger partial charge on any atom is -0.449 e. The van der Waals surface area contributed by atoms with Gasteiger partial charge in [-0.2, -0.15) is 0 Å². The van der Waals surface area contributed by atoms with Crippen LogP contribution in [0.25, 0.3) is 0 Å². The lowest BCUT2D eigenvalue weighted by Gasteiger charge is -2.29. The van der Waals surface area contributed by atoms with Gasteiger partial charge in [0.05, 0.1) is 31.9 Å². The number of carbonyl (C=O) groups is 8. The van der Waals surface area contributed by atoms with Crippen LogP contribution in [0.4, 0.5) is 4.79 Å². The Bertz CT molecular complexity index is 1690. The first-order chi connectivity index (χ1) is 27.2. The van der Waals surface area contributed by atoms with Gasteiger partial charge in [-0.15, -0.1) is 0 Å². The van der Waals surface area contributed by atoms with Crippen molar-refractivity contribution in [1.82, 2.24) is 31.5 Å². The number of benzene rings is 2. The number of hydrogen-bond acceptors (Lipinski definition) is 10. The lowest BCUT2D eigenvalue weighted by atomic mass is 10.0. The monoisotopic (exact) mass is 793 g/mol. The van der Waals surface area contributed by atoms with E-state index in [1.807, 2.05) is 44.2 Å². The molecule has 2 aromatic carbocycles. The van der Waals surface area contributed by atoms with Crippen LogP contribution < -0.4 is 32.3 Å². The van der Waals surface area contributed by atoms with Gasteiger partial charge < -0.3 is 46.7 Å². The van der Waals surface area contributed by atoms with Crippen molar-refractivity contribution >= 4 is 47.3 Å². The molecule has 7 N–H and O–H groups in total. The number of nitrogens with one attached hydrogen (secondary N) is 5. The maximum Gasteiger partial charge on any atom is 0.407 e. The predicted molar refractivity (Wildman–Crippen MR) is 208 cm³/mol. The second kappa shape index (κ2) is 23.3. The van der Waals surface area contributed by atoms with E-state index in [0.29, 0.717) is 18.4 Å². The summed E-state index contributed by atoms with van der Waals surface area (Å²) in [5.74, 6) is -5.33. The molecular weight excluding hydrogens is 738 g/mol. The quantitative estimate of drug-likeness (QED) is 0.0734. The van der Waals surface area contributed by atoms with Crippen LogP contribution >= 0.6 is 0 Å². The highest BCUT2D eigenvalue weighted by Crippen LogP contribution is 2.24. The average Bonchev–Trinajstić information content (AvgIpc) is 3.63. The Hall–Kier alpha value is -5.84. The normalized spacial score (nSPS) is 16.4. The van der Waals surface area contributed by atoms with Gasteiger partial charge in [-0.1, -0.05) is 87.9 Å². The summed E-state index contributed by atoms with van der Waals surface area (Å²) in [5.41, 5.74) is 6.76. The molecule has 17 nitrogen and oxygen atoms in total. The van der Waals surface area contributed by atoms with Crippen molar-refractivity contribution in [3.63, 3.8) is 0 Å². The molecule has 1 aliphatic rings. The van der Waals surface area contributed by atoms with Crippen LogP contribution in [0.2, 0.25) is 0 Å². The second-order valence-electron chi connectivity index (χ2n) is 14.2. The number of Topliss-reactive ketones (excluding diaryl/α,β-unsaturated/α-hetero) is 1. The number of primary amides is 1. The Morgan fingerprint density at radius 3 is 2.14 bits per heavy atom. The van der Waals surface area contributed by atoms with E-state index in [1.54, 1.807) is 37.3 Å². The fraction of sp³-hybridized carbons (Fsp3) is 0.500. The van der Waals surface area contributed by atoms with E-state index in [9.17, 15) is 38.4 Å². The predicted octanol–water partition coefficient (Wildman–Crippen LogP) is 1.15. The number of hydrogen-bond donors (Lipinski definition) is 6. The third-order valence-corrected chi connectivity index (χ3v) is 8.92. The van der Waals surface area contributed by atoms with E-state index in [-0.39, 0.29) is 57.4 Å². The molecule has 2 aromatic rings. The Morgan fingerprint density at radius 2 is 1.53 bits per heavy atom. The number of alkyl carbamates (subject to hydrolysis) is 1. The first-order valence-corrected chi connectivity index (χ1v) is 19.1. The molecule has 5 atom stereocenters. The average molecular weight is 794 g/mol. The smallest absolute Gasteiger partial charge is 0.407 e. The molecule has 0 bridgehead atoms. The van der Waals surface area contributed by atoms with Gasteiger partial charge in [0.25, 0.3) is 5.91 Å². The highest BCUT2D eigenvalue weighted by molar-refractivity contribution is 6.38. The van der Waals surface area contributed by atoms with E-state index >= 15 is 0 Å². The van der Waals surface area contributed by atoms with Gasteiger partial charge in [0, 0.05) is 26.4 Å². The van der Waals surface area contributed by atoms with Crippen LogP contribution in [-0.4, -0.2) is 103 Å². The van der Waals surface area contributed by atoms with Crippen LogP contribution in [0, 0.1) is 5.92 Å². The van der Waals surface area contributed by atoms with Gasteiger partial charge >= 0.3 is 6.09 Å². The van der Waals surface area contributed by atoms with Crippen molar-refractivity contribution in [2.45, 2.75) is 96.7 Å². The molecule has 0 aliphatic carbocycles. The molecule has 310 valence electrons. The zero-order chi connectivity index (χ0) is 41.9. The topological polar surface area (TPSA) is 244 Å². The number of nitrogens with two attached hydrogens (primary N) is 1. The second-order valence-corrected chi connectivity index (χ2v) is 14.2. The van der Waals surface area contributed by atoms with Crippen molar-refractivity contribution in [1.29, 1.82) is 0 Å². The Morgan fingerprint density at radius 1 is 0.860 bits per heavy atom. The molecule has 0 radical (unpaired) electrons. The summed E-state index contributed by atoms with van der Waals surface area (Å²) in [6.45, 7) is 6.68. The standard InChI is InChI=1S/C40H55N7O10/c1-5-13-30(35(50)38(53)43-21-33(49)46-34(36(41)51)28-16-10-7-11-17-28)44-37(52)32-20-29(56-24-27-14-8-6-9-15-27)22-47(32)39(54)31(18-12-19-42-26(4)48)45-40(55)57-23-25(2)3/h6-11,14-17,25,29-32,34H,5,12-13,18-24H2,1-4H3,(H2,41,51)(H,42,48)(H,43,53)(H,44,52)(H,45,55)(H,46,49)/t29-,30?,31+,32+,34+/m1/s1. The largest absolute Gasteiger partial charge is 0.449 e. The first kappa shape index (κ1) is 45.5. The molecule has 7 amide bonds. The summed E-state index contributed by atoms with van der Waals surface area (Å²) < 4.78 is 11.4. The highest BCUT2D eigenvalue weighted by Gasteiger charge is 2.43. The Kier molecular flexibility index (Phi) is 18.6. The summed E-state index contributed by atoms with van der Waals surface area (Å²) >= 11 is 0. The molecule has 0 aromatic heterocycles. The Balaban J connectivity index is 1.77. The van der Waals surface area contributed by atoms with E-state index < -0.39 is 78.2 Å². The lowest BCUT2D eigenvalue weighted by molar-refractivity contribution is -0.143. The van der Waals surface area contributed by atoms with E-state index in [2.05, 4.69) is 26.6 Å². The van der Waals surface area contributed by atoms with Gasteiger partial charge in [-0.25, -0.2) is 4.79 Å². The lowest BCUT2D eigenvalue weighted by Crippen LogP contribution is -2.56. The van der Waals surface area contributed by atoms with E-state index in [4.69, 9.17) is 15.2 Å². The molecule has 57 heavy (non-hydrogen) atoms. The first-order valence-electron chi connectivity index (χ1n) is 19.1. The maximum atomic E-state index is 14.2. The molecule has 1 saturated heterocycles. The fourth-order valence-corrected chi connectivity index (χ4v) is 6.06. The molecule has 0 spiro atoms. The van der Waals surface area contributed by atoms with Crippen LogP contribution in [-0.2, 0) is 49.6 Å². The molecule has 3 rings (SSSR count). The molecule has 1 aliphatic heterocycles. The third kappa shape index (κ3) is 15.3. The van der Waals surface area contributed by atoms with E-state index in [0.717, 1.165) is 5.56 Å². The maximum absolute atomic E-state index is 14.2. The number of amides is 7. The minimum absolute atomic E-state index is 0.0219. The Labute approximate surface area is 332 Å². The number of ketones is 1. The zero-order valence-electron chi connectivity index (χ0n) is 32.9. The van der Waals surface area contributed by atoms with Crippen molar-refractivity contribution < 1.29 is 47.8 Å². The van der Waals surface area contributed by atoms with Crippen LogP contribution in [0.15, 0.2) is 60.7 Å². The number of likely N-dealkylation sites (tertiary alicyclic amines) is 1. The highest BCUT2D eigenvalue weighted by atomic mass is 16.5. The third-order valence-electron chi connectivity index (χ3n) is 8.92. The number of carbonyl (C=O) groups excluding carboxylic acids is 8. The summed E-state index contributed by atoms with van der Waals surface area (Å²) in [5, 5.41) is 12.6. The van der Waals surface area contributed by atoms with Gasteiger partial charge in [-0.05, 0) is 36.3 Å². The van der Waals surface area contributed by atoms with E-state index in [1.165, 1.54) is 11.8 Å². The summed E-state index contributed by atoms with van der Waals surface area (Å²) in [7, 11) is 0. The molecule has 1 unspecified atom stereocenters. The number of ether oxygens (including phenoxy) is 2. The van der Waals surface area contributed by atoms with Crippen molar-refractivity contribution in [3.8, 4) is 0 Å². The van der Waals surface area contributed by atoms with Crippen molar-refractivity contribution in [2.75, 3.05) is 26.2 Å². The van der Waals surface area contributed by atoms with Crippen LogP contribution in [0.5, 0.6) is 0 Å². The molecule has 1 fully saturated rings. The van der Waals surface area contributed by atoms with Crippen molar-refractivity contribution in [2.24, 2.45) is 11.7 Å². The fourth-order valence-electron chi connectivity index (χ4n) is 6.06. The summed E-state index contributed by atoms with van der Waals surface area (Å²) in [6.07, 6.45) is -0.524. The van der Waals surface area contributed by atoms with Gasteiger partial charge in [0.1, 0.15) is 18.1 Å². The van der Waals surface area contributed by atoms with Crippen LogP contribution in [0.3, 0.4) is 0 Å². The SMILES string of the molecule is CCCC(NC(=O)[C@@H]1C[C@@H](OCc2ccccc2)CN1C(=O)[C@H](CCCNC(C)=O)NC(=O)OCC(C)C)C(=O)C(=O)NCC(=O)N[C@H](C(N)=O)c1ccccc1. The van der Waals surface area contributed by atoms with Crippen LogP contribution in [0.1, 0.15) is 77.0 Å². The zero-order valence-corrected chi connectivity index (χ0v) is 32.9. The van der Waals surface area contributed by atoms with Gasteiger partial charge in [0.2, 0.25) is 35.3 Å².